The van der Waals surface area contributed by atoms with Crippen LogP contribution < -0.4 is 10.2 Å². The third-order valence-electron chi connectivity index (χ3n) is 4.90. The molecule has 1 saturated heterocycles. The summed E-state index contributed by atoms with van der Waals surface area (Å²) in [5.41, 5.74) is 2.69. The first kappa shape index (κ1) is 17.1. The van der Waals surface area contributed by atoms with Crippen molar-refractivity contribution in [2.75, 3.05) is 18.0 Å². The summed E-state index contributed by atoms with van der Waals surface area (Å²) >= 11 is 0. The molecule has 1 aliphatic rings. The fourth-order valence-electron chi connectivity index (χ4n) is 3.57. The number of anilines is 1. The van der Waals surface area contributed by atoms with E-state index in [1.54, 1.807) is 17.1 Å². The molecule has 3 aromatic rings. The number of terminal acetylenes is 1. The first-order valence-electron chi connectivity index (χ1n) is 9.00. The van der Waals surface area contributed by atoms with E-state index in [1.807, 2.05) is 30.0 Å². The highest BCUT2D eigenvalue weighted by Gasteiger charge is 2.26. The zero-order chi connectivity index (χ0) is 18.8. The Hall–Kier alpha value is -3.34. The highest BCUT2D eigenvalue weighted by Crippen LogP contribution is 2.29. The minimum absolute atomic E-state index is 0.145. The van der Waals surface area contributed by atoms with Crippen LogP contribution >= 0.6 is 0 Å². The first-order chi connectivity index (χ1) is 13.2. The predicted molar refractivity (Wildman–Crippen MR) is 102 cm³/mol. The number of fused-ring (bicyclic) bond motifs is 1. The van der Waals surface area contributed by atoms with Gasteiger partial charge in [0.15, 0.2) is 5.82 Å². The molecular formula is C19H21N7O. The molecule has 0 spiro atoms. The Balaban J connectivity index is 1.73. The molecule has 138 valence electrons. The molecule has 8 heteroatoms. The van der Waals surface area contributed by atoms with Crippen LogP contribution in [0, 0.1) is 12.3 Å². The molecular weight excluding hydrogens is 342 g/mol. The van der Waals surface area contributed by atoms with E-state index < -0.39 is 0 Å². The molecule has 1 amide bonds. The average Bonchev–Trinajstić information content (AvgIpc) is 3.34. The third-order valence-corrected chi connectivity index (χ3v) is 4.90. The number of rotatable bonds is 4. The van der Waals surface area contributed by atoms with Crippen molar-refractivity contribution >= 4 is 17.2 Å². The van der Waals surface area contributed by atoms with Crippen molar-refractivity contribution < 1.29 is 4.79 Å². The number of aromatic nitrogens is 5. The van der Waals surface area contributed by atoms with Gasteiger partial charge in [-0.2, -0.15) is 10.2 Å². The number of hydrogen-bond acceptors (Lipinski definition) is 5. The van der Waals surface area contributed by atoms with E-state index in [0.717, 1.165) is 48.4 Å². The van der Waals surface area contributed by atoms with Crippen molar-refractivity contribution in [3.05, 3.63) is 30.9 Å². The summed E-state index contributed by atoms with van der Waals surface area (Å²) in [4.78, 5) is 18.7. The predicted octanol–water partition coefficient (Wildman–Crippen LogP) is 1.24. The van der Waals surface area contributed by atoms with Crippen LogP contribution in [0.2, 0.25) is 0 Å². The van der Waals surface area contributed by atoms with E-state index >= 15 is 0 Å². The van der Waals surface area contributed by atoms with Crippen LogP contribution in [0.15, 0.2) is 30.9 Å². The molecule has 1 atom stereocenters. The van der Waals surface area contributed by atoms with Gasteiger partial charge in [-0.25, -0.2) is 9.50 Å². The number of hydrogen-bond donors (Lipinski definition) is 1. The number of carbonyl (C=O) groups excluding carboxylic acids is 1. The van der Waals surface area contributed by atoms with Gasteiger partial charge in [-0.1, -0.05) is 0 Å². The Morgan fingerprint density at radius 1 is 1.37 bits per heavy atom. The molecule has 1 fully saturated rings. The first-order valence-corrected chi connectivity index (χ1v) is 9.00. The molecule has 0 aliphatic carbocycles. The van der Waals surface area contributed by atoms with Crippen LogP contribution in [-0.4, -0.2) is 49.4 Å². The second-order valence-electron chi connectivity index (χ2n) is 6.71. The molecule has 27 heavy (non-hydrogen) atoms. The van der Waals surface area contributed by atoms with Crippen LogP contribution in [0.25, 0.3) is 16.8 Å². The van der Waals surface area contributed by atoms with Gasteiger partial charge in [-0.3, -0.25) is 9.48 Å². The molecule has 4 heterocycles. The average molecular weight is 363 g/mol. The number of amides is 1. The smallest absolute Gasteiger partial charge is 0.295 e. The topological polar surface area (TPSA) is 80.4 Å². The molecule has 0 bridgehead atoms. The molecule has 1 N–H and O–H groups in total. The molecule has 8 nitrogen and oxygen atoms in total. The normalized spacial score (nSPS) is 17.0. The molecule has 4 rings (SSSR count). The zero-order valence-electron chi connectivity index (χ0n) is 15.2. The summed E-state index contributed by atoms with van der Waals surface area (Å²) < 4.78 is 3.60. The summed E-state index contributed by atoms with van der Waals surface area (Å²) in [5.74, 6) is 2.60. The zero-order valence-corrected chi connectivity index (χ0v) is 15.2. The maximum Gasteiger partial charge on any atom is 0.295 e. The van der Waals surface area contributed by atoms with Crippen LogP contribution in [0.1, 0.15) is 19.3 Å². The summed E-state index contributed by atoms with van der Waals surface area (Å²) in [6.07, 6.45) is 15.8. The van der Waals surface area contributed by atoms with Crippen molar-refractivity contribution in [1.82, 2.24) is 29.7 Å². The summed E-state index contributed by atoms with van der Waals surface area (Å²) in [6, 6.07) is 2.10. The van der Waals surface area contributed by atoms with Crippen molar-refractivity contribution in [1.29, 1.82) is 0 Å². The fraction of sp³-hybridized carbons (Fsp3) is 0.368. The molecule has 1 unspecified atom stereocenters. The van der Waals surface area contributed by atoms with Crippen LogP contribution in [-0.2, 0) is 11.8 Å². The van der Waals surface area contributed by atoms with E-state index in [-0.39, 0.29) is 11.9 Å². The third kappa shape index (κ3) is 3.36. The van der Waals surface area contributed by atoms with Gasteiger partial charge in [0, 0.05) is 37.9 Å². The van der Waals surface area contributed by atoms with Gasteiger partial charge in [0.1, 0.15) is 5.52 Å². The van der Waals surface area contributed by atoms with Crippen molar-refractivity contribution in [2.24, 2.45) is 7.05 Å². The van der Waals surface area contributed by atoms with Crippen LogP contribution in [0.3, 0.4) is 0 Å². The van der Waals surface area contributed by atoms with Gasteiger partial charge in [-0.15, -0.1) is 6.42 Å². The summed E-state index contributed by atoms with van der Waals surface area (Å²) in [6.45, 7) is 1.38. The quantitative estimate of drug-likeness (QED) is 0.706. The van der Waals surface area contributed by atoms with E-state index in [0.29, 0.717) is 6.54 Å². The SMILES string of the molecule is C#CC(=O)NCC1CCCCN1c1nc(-c2cnn(C)c2)cn2nccc12. The number of nitrogens with zero attached hydrogens (tertiary/aromatic N) is 6. The lowest BCUT2D eigenvalue weighted by molar-refractivity contribution is -0.115. The van der Waals surface area contributed by atoms with Gasteiger partial charge in [0.25, 0.3) is 5.91 Å². The number of carbonyl (C=O) groups is 1. The van der Waals surface area contributed by atoms with E-state index in [9.17, 15) is 4.79 Å². The Kier molecular flexibility index (Phi) is 4.50. The van der Waals surface area contributed by atoms with Crippen molar-refractivity contribution in [3.63, 3.8) is 0 Å². The van der Waals surface area contributed by atoms with Gasteiger partial charge < -0.3 is 10.2 Å². The van der Waals surface area contributed by atoms with Crippen LogP contribution in [0.5, 0.6) is 0 Å². The van der Waals surface area contributed by atoms with Gasteiger partial charge in [0.05, 0.1) is 24.3 Å². The second kappa shape index (κ2) is 7.11. The number of nitrogens with one attached hydrogen (secondary N) is 1. The lowest BCUT2D eigenvalue weighted by atomic mass is 10.0. The van der Waals surface area contributed by atoms with Crippen molar-refractivity contribution in [3.8, 4) is 23.6 Å². The molecule has 0 aromatic carbocycles. The van der Waals surface area contributed by atoms with Crippen LogP contribution in [0.4, 0.5) is 5.82 Å². The fourth-order valence-corrected chi connectivity index (χ4v) is 3.57. The van der Waals surface area contributed by atoms with E-state index in [2.05, 4.69) is 26.3 Å². The Morgan fingerprint density at radius 2 is 2.26 bits per heavy atom. The highest BCUT2D eigenvalue weighted by atomic mass is 16.1. The Bertz CT molecular complexity index is 1010. The monoisotopic (exact) mass is 363 g/mol. The molecule has 0 radical (unpaired) electrons. The summed E-state index contributed by atoms with van der Waals surface area (Å²) in [5, 5.41) is 11.5. The van der Waals surface area contributed by atoms with Gasteiger partial charge in [0.2, 0.25) is 0 Å². The molecule has 1 aliphatic heterocycles. The number of piperidine rings is 1. The lowest BCUT2D eigenvalue weighted by Crippen LogP contribution is -2.47. The maximum absolute atomic E-state index is 11.5. The Labute approximate surface area is 157 Å². The highest BCUT2D eigenvalue weighted by molar-refractivity contribution is 5.92. The van der Waals surface area contributed by atoms with E-state index in [1.165, 1.54) is 0 Å². The van der Waals surface area contributed by atoms with E-state index in [4.69, 9.17) is 11.4 Å². The van der Waals surface area contributed by atoms with Gasteiger partial charge >= 0.3 is 0 Å². The second-order valence-corrected chi connectivity index (χ2v) is 6.71. The Morgan fingerprint density at radius 3 is 3.04 bits per heavy atom. The molecule has 3 aromatic heterocycles. The van der Waals surface area contributed by atoms with Crippen molar-refractivity contribution in [2.45, 2.75) is 25.3 Å². The molecule has 0 saturated carbocycles. The van der Waals surface area contributed by atoms with Gasteiger partial charge in [-0.05, 0) is 31.2 Å². The number of aryl methyl sites for hydroxylation is 1. The maximum atomic E-state index is 11.5. The summed E-state index contributed by atoms with van der Waals surface area (Å²) in [7, 11) is 1.88. The minimum Gasteiger partial charge on any atom is -0.350 e. The standard InChI is InChI=1S/C19H21N7O/c1-3-18(27)20-11-15-6-4-5-9-25(15)19-17-7-8-21-26(17)13-16(23-19)14-10-22-24(2)12-14/h1,7-8,10,12-13,15H,4-6,9,11H2,2H3,(H,20,27). The largest absolute Gasteiger partial charge is 0.350 e. The minimum atomic E-state index is -0.382. The lowest BCUT2D eigenvalue weighted by Gasteiger charge is -2.37.